The average Bonchev–Trinajstić information content (AvgIpc) is 2.33. The number of aliphatic carboxylic acids is 1. The molecule has 0 aliphatic rings. The molecule has 0 bridgehead atoms. The van der Waals surface area contributed by atoms with Crippen LogP contribution in [-0.4, -0.2) is 17.6 Å². The van der Waals surface area contributed by atoms with E-state index in [4.69, 9.17) is 5.11 Å². The highest BCUT2D eigenvalue weighted by Gasteiger charge is 1.93. The molecule has 1 aromatic rings. The van der Waals surface area contributed by atoms with Crippen molar-refractivity contribution in [2.24, 2.45) is 0 Å². The van der Waals surface area contributed by atoms with Gasteiger partial charge in [-0.05, 0) is 30.2 Å². The zero-order valence-corrected chi connectivity index (χ0v) is 10.1. The van der Waals surface area contributed by atoms with Crippen molar-refractivity contribution in [1.29, 1.82) is 0 Å². The fraction of sp³-hybridized carbons (Fsp3) is 0.357. The second-order valence-corrected chi connectivity index (χ2v) is 3.94. The highest BCUT2D eigenvalue weighted by Crippen LogP contribution is 2.06. The van der Waals surface area contributed by atoms with Gasteiger partial charge in [0.1, 0.15) is 0 Å². The first-order chi connectivity index (χ1) is 8.22. The molecular weight excluding hydrogens is 214 g/mol. The Bertz CT molecular complexity index is 368. The van der Waals surface area contributed by atoms with Gasteiger partial charge in [-0.2, -0.15) is 0 Å². The minimum absolute atomic E-state index is 0.864. The standard InChI is InChI=1S/C14H19NO2/c1-2-3-10-15-11-13-6-4-12(5-7-13)8-9-14(16)17/h4-9,15H,2-3,10-11H2,1H3,(H,16,17)/b9-8+. The van der Waals surface area contributed by atoms with Gasteiger partial charge in [-0.15, -0.1) is 0 Å². The summed E-state index contributed by atoms with van der Waals surface area (Å²) in [5, 5.41) is 11.9. The molecule has 0 spiro atoms. The number of carbonyl (C=O) groups is 1. The molecule has 0 aliphatic carbocycles. The number of rotatable bonds is 7. The topological polar surface area (TPSA) is 49.3 Å². The lowest BCUT2D eigenvalue weighted by molar-refractivity contribution is -0.131. The van der Waals surface area contributed by atoms with E-state index in [0.29, 0.717) is 0 Å². The van der Waals surface area contributed by atoms with Gasteiger partial charge < -0.3 is 10.4 Å². The van der Waals surface area contributed by atoms with E-state index in [1.807, 2.05) is 24.3 Å². The van der Waals surface area contributed by atoms with Crippen LogP contribution in [0.15, 0.2) is 30.3 Å². The van der Waals surface area contributed by atoms with Gasteiger partial charge in [0.2, 0.25) is 0 Å². The molecule has 0 heterocycles. The predicted octanol–water partition coefficient (Wildman–Crippen LogP) is 2.67. The summed E-state index contributed by atoms with van der Waals surface area (Å²) >= 11 is 0. The number of unbranched alkanes of at least 4 members (excludes halogenated alkanes) is 1. The molecule has 0 fully saturated rings. The van der Waals surface area contributed by atoms with Crippen molar-refractivity contribution >= 4 is 12.0 Å². The molecule has 17 heavy (non-hydrogen) atoms. The molecule has 0 saturated carbocycles. The van der Waals surface area contributed by atoms with E-state index in [0.717, 1.165) is 24.7 Å². The van der Waals surface area contributed by atoms with Crippen LogP contribution in [0, 0.1) is 0 Å². The zero-order valence-electron chi connectivity index (χ0n) is 10.1. The number of carboxylic acids is 1. The largest absolute Gasteiger partial charge is 0.478 e. The molecule has 0 aromatic heterocycles. The quantitative estimate of drug-likeness (QED) is 0.562. The Morgan fingerprint density at radius 2 is 2.06 bits per heavy atom. The zero-order chi connectivity index (χ0) is 12.5. The number of carboxylic acid groups (broad SMARTS) is 1. The second-order valence-electron chi connectivity index (χ2n) is 3.94. The van der Waals surface area contributed by atoms with Crippen LogP contribution in [0.5, 0.6) is 0 Å². The lowest BCUT2D eigenvalue weighted by Gasteiger charge is -2.04. The highest BCUT2D eigenvalue weighted by atomic mass is 16.4. The van der Waals surface area contributed by atoms with E-state index in [1.165, 1.54) is 18.4 Å². The number of hydrogen-bond donors (Lipinski definition) is 2. The molecule has 0 unspecified atom stereocenters. The van der Waals surface area contributed by atoms with Gasteiger partial charge in [0.25, 0.3) is 0 Å². The van der Waals surface area contributed by atoms with Crippen LogP contribution in [0.25, 0.3) is 6.08 Å². The Morgan fingerprint density at radius 1 is 1.35 bits per heavy atom. The van der Waals surface area contributed by atoms with Crippen molar-refractivity contribution in [2.45, 2.75) is 26.3 Å². The van der Waals surface area contributed by atoms with Crippen molar-refractivity contribution in [3.63, 3.8) is 0 Å². The fourth-order valence-corrected chi connectivity index (χ4v) is 1.45. The van der Waals surface area contributed by atoms with Gasteiger partial charge in [0.15, 0.2) is 0 Å². The van der Waals surface area contributed by atoms with Gasteiger partial charge in [-0.3, -0.25) is 0 Å². The lowest BCUT2D eigenvalue weighted by Crippen LogP contribution is -2.14. The molecule has 1 rings (SSSR count). The van der Waals surface area contributed by atoms with Crippen molar-refractivity contribution < 1.29 is 9.90 Å². The number of benzene rings is 1. The summed E-state index contributed by atoms with van der Waals surface area (Å²) in [5.74, 6) is -0.921. The molecule has 0 aliphatic heterocycles. The van der Waals surface area contributed by atoms with E-state index >= 15 is 0 Å². The van der Waals surface area contributed by atoms with E-state index in [2.05, 4.69) is 12.2 Å². The molecular formula is C14H19NO2. The molecule has 3 heteroatoms. The molecule has 0 radical (unpaired) electrons. The van der Waals surface area contributed by atoms with Crippen LogP contribution < -0.4 is 5.32 Å². The Morgan fingerprint density at radius 3 is 2.65 bits per heavy atom. The highest BCUT2D eigenvalue weighted by molar-refractivity contribution is 5.85. The summed E-state index contributed by atoms with van der Waals surface area (Å²) in [6.07, 6.45) is 5.14. The van der Waals surface area contributed by atoms with Gasteiger partial charge in [0, 0.05) is 12.6 Å². The first-order valence-corrected chi connectivity index (χ1v) is 5.93. The molecule has 0 saturated heterocycles. The van der Waals surface area contributed by atoms with E-state index in [1.54, 1.807) is 6.08 Å². The van der Waals surface area contributed by atoms with Crippen LogP contribution in [0.2, 0.25) is 0 Å². The summed E-state index contributed by atoms with van der Waals surface area (Å²) in [6, 6.07) is 7.88. The van der Waals surface area contributed by atoms with Crippen molar-refractivity contribution in [2.75, 3.05) is 6.54 Å². The maximum absolute atomic E-state index is 10.3. The Balaban J connectivity index is 2.42. The van der Waals surface area contributed by atoms with Gasteiger partial charge in [-0.1, -0.05) is 37.6 Å². The van der Waals surface area contributed by atoms with Gasteiger partial charge in [-0.25, -0.2) is 4.79 Å². The van der Waals surface area contributed by atoms with Crippen LogP contribution >= 0.6 is 0 Å². The molecule has 1 aromatic carbocycles. The summed E-state index contributed by atoms with van der Waals surface area (Å²) in [7, 11) is 0. The molecule has 0 atom stereocenters. The van der Waals surface area contributed by atoms with Gasteiger partial charge in [0.05, 0.1) is 0 Å². The molecule has 3 nitrogen and oxygen atoms in total. The maximum atomic E-state index is 10.3. The summed E-state index contributed by atoms with van der Waals surface area (Å²) in [6.45, 7) is 4.07. The van der Waals surface area contributed by atoms with E-state index < -0.39 is 5.97 Å². The Labute approximate surface area is 102 Å². The first kappa shape index (κ1) is 13.5. The summed E-state index contributed by atoms with van der Waals surface area (Å²) in [5.41, 5.74) is 2.12. The predicted molar refractivity (Wildman–Crippen MR) is 69.7 cm³/mol. The molecule has 92 valence electrons. The van der Waals surface area contributed by atoms with E-state index in [-0.39, 0.29) is 0 Å². The summed E-state index contributed by atoms with van der Waals surface area (Å²) in [4.78, 5) is 10.3. The van der Waals surface area contributed by atoms with Crippen molar-refractivity contribution in [1.82, 2.24) is 5.32 Å². The van der Waals surface area contributed by atoms with E-state index in [9.17, 15) is 4.79 Å². The Hall–Kier alpha value is -1.61. The van der Waals surface area contributed by atoms with Crippen LogP contribution in [0.4, 0.5) is 0 Å². The summed E-state index contributed by atoms with van der Waals surface area (Å²) < 4.78 is 0. The molecule has 0 amide bonds. The third-order valence-electron chi connectivity index (χ3n) is 2.43. The lowest BCUT2D eigenvalue weighted by atomic mass is 10.1. The van der Waals surface area contributed by atoms with Crippen molar-refractivity contribution in [3.8, 4) is 0 Å². The smallest absolute Gasteiger partial charge is 0.328 e. The fourth-order valence-electron chi connectivity index (χ4n) is 1.45. The first-order valence-electron chi connectivity index (χ1n) is 5.93. The minimum atomic E-state index is -0.921. The van der Waals surface area contributed by atoms with Crippen LogP contribution in [0.1, 0.15) is 30.9 Å². The average molecular weight is 233 g/mol. The number of nitrogens with one attached hydrogen (secondary N) is 1. The Kier molecular flexibility index (Phi) is 6.04. The number of hydrogen-bond acceptors (Lipinski definition) is 2. The van der Waals surface area contributed by atoms with Crippen LogP contribution in [-0.2, 0) is 11.3 Å². The third-order valence-corrected chi connectivity index (χ3v) is 2.43. The van der Waals surface area contributed by atoms with Gasteiger partial charge >= 0.3 is 5.97 Å². The SMILES string of the molecule is CCCCNCc1ccc(/C=C/C(=O)O)cc1. The maximum Gasteiger partial charge on any atom is 0.328 e. The third kappa shape index (κ3) is 5.88. The van der Waals surface area contributed by atoms with Crippen LogP contribution in [0.3, 0.4) is 0 Å². The van der Waals surface area contributed by atoms with Crippen molar-refractivity contribution in [3.05, 3.63) is 41.5 Å². The second kappa shape index (κ2) is 7.63. The molecule has 2 N–H and O–H groups in total. The minimum Gasteiger partial charge on any atom is -0.478 e. The monoisotopic (exact) mass is 233 g/mol. The normalized spacial score (nSPS) is 10.9.